The number of aryl methyl sites for hydroxylation is 1. The second-order valence-electron chi connectivity index (χ2n) is 9.68. The number of hydrogen-bond donors (Lipinski definition) is 5. The molecule has 0 bridgehead atoms. The van der Waals surface area contributed by atoms with Crippen LogP contribution in [0.25, 0.3) is 0 Å². The molecule has 220 valence electrons. The lowest BCUT2D eigenvalue weighted by atomic mass is 9.93. The van der Waals surface area contributed by atoms with Crippen LogP contribution in [0.2, 0.25) is 0 Å². The Bertz CT molecular complexity index is 1040. The first-order valence-corrected chi connectivity index (χ1v) is 13.7. The van der Waals surface area contributed by atoms with Crippen LogP contribution in [0.1, 0.15) is 25.3 Å². The van der Waals surface area contributed by atoms with Crippen molar-refractivity contribution in [3.63, 3.8) is 0 Å². The van der Waals surface area contributed by atoms with Crippen molar-refractivity contribution in [2.45, 2.75) is 37.8 Å². The minimum absolute atomic E-state index is 0.0435. The highest BCUT2D eigenvalue weighted by Crippen LogP contribution is 2.20. The minimum atomic E-state index is -1.46. The molecular formula is C29H45N7O4. The van der Waals surface area contributed by atoms with Gasteiger partial charge in [-0.15, -0.1) is 0 Å². The van der Waals surface area contributed by atoms with Crippen LogP contribution in [0.15, 0.2) is 54.6 Å². The molecule has 2 atom stereocenters. The van der Waals surface area contributed by atoms with Gasteiger partial charge in [-0.1, -0.05) is 30.3 Å². The summed E-state index contributed by atoms with van der Waals surface area (Å²) in [5, 5.41) is 6.06. The van der Waals surface area contributed by atoms with Crippen LogP contribution in [0.5, 0.6) is 5.75 Å². The van der Waals surface area contributed by atoms with Gasteiger partial charge in [0, 0.05) is 45.5 Å². The number of nitrogens with two attached hydrogens (primary N) is 3. The van der Waals surface area contributed by atoms with Gasteiger partial charge >= 0.3 is 0 Å². The van der Waals surface area contributed by atoms with Crippen LogP contribution in [0, 0.1) is 0 Å². The van der Waals surface area contributed by atoms with Gasteiger partial charge < -0.3 is 42.4 Å². The zero-order valence-electron chi connectivity index (χ0n) is 23.7. The highest BCUT2D eigenvalue weighted by atomic mass is 16.5. The van der Waals surface area contributed by atoms with Gasteiger partial charge in [-0.3, -0.25) is 14.4 Å². The SMILES string of the molecule is CCOc1ccc(N(C)C(=O)[C@H](CCc2ccccc2)NC(=O)[C@@](N)(CCNCCN)CN(C=O)CCN)cc1. The molecule has 3 amide bonds. The maximum atomic E-state index is 13.7. The van der Waals surface area contributed by atoms with Crippen molar-refractivity contribution in [1.29, 1.82) is 0 Å². The van der Waals surface area contributed by atoms with Crippen LogP contribution in [0.3, 0.4) is 0 Å². The summed E-state index contributed by atoms with van der Waals surface area (Å²) >= 11 is 0. The summed E-state index contributed by atoms with van der Waals surface area (Å²) in [6, 6.07) is 16.1. The molecule has 0 saturated carbocycles. The number of benzene rings is 2. The Morgan fingerprint density at radius 2 is 1.75 bits per heavy atom. The number of carbonyl (C=O) groups is 3. The van der Waals surface area contributed by atoms with E-state index >= 15 is 0 Å². The molecule has 0 aliphatic rings. The number of nitrogens with zero attached hydrogens (tertiary/aromatic N) is 2. The normalized spacial score (nSPS) is 13.1. The average Bonchev–Trinajstić information content (AvgIpc) is 2.97. The van der Waals surface area contributed by atoms with Gasteiger partial charge in [0.25, 0.3) is 0 Å². The van der Waals surface area contributed by atoms with Crippen molar-refractivity contribution >= 4 is 23.9 Å². The summed E-state index contributed by atoms with van der Waals surface area (Å²) in [4.78, 5) is 42.0. The van der Waals surface area contributed by atoms with Crippen molar-refractivity contribution in [1.82, 2.24) is 15.5 Å². The molecule has 0 radical (unpaired) electrons. The Balaban J connectivity index is 2.29. The van der Waals surface area contributed by atoms with Crippen molar-refractivity contribution in [3.8, 4) is 5.75 Å². The highest BCUT2D eigenvalue weighted by molar-refractivity contribution is 6.00. The summed E-state index contributed by atoms with van der Waals surface area (Å²) in [7, 11) is 1.67. The Labute approximate surface area is 237 Å². The fraction of sp³-hybridized carbons (Fsp3) is 0.483. The first kappa shape index (κ1) is 32.7. The Hall–Kier alpha value is -3.51. The molecule has 0 unspecified atom stereocenters. The first-order valence-electron chi connectivity index (χ1n) is 13.7. The zero-order valence-corrected chi connectivity index (χ0v) is 23.7. The standard InChI is InChI=1S/C29H45N7O4/c1-3-40-25-12-10-24(11-13-25)35(2)27(38)26(14-9-23-7-5-4-6-8-23)34-28(39)29(32,15-18-33-19-16-30)21-36(22-37)20-17-31/h4-8,10-13,22,26,33H,3,9,14-21,30-32H2,1-2H3,(H,34,39)/t26-,29+/m0/s1. The fourth-order valence-corrected chi connectivity index (χ4v) is 4.31. The van der Waals surface area contributed by atoms with Crippen LogP contribution in [-0.2, 0) is 20.8 Å². The molecule has 0 saturated heterocycles. The van der Waals surface area contributed by atoms with E-state index < -0.39 is 17.5 Å². The van der Waals surface area contributed by atoms with Gasteiger partial charge in [0.05, 0.1) is 6.61 Å². The molecule has 0 aliphatic heterocycles. The third-order valence-electron chi connectivity index (χ3n) is 6.61. The Kier molecular flexibility index (Phi) is 14.1. The number of hydrogen-bond acceptors (Lipinski definition) is 8. The molecule has 0 aromatic heterocycles. The van der Waals surface area contributed by atoms with Crippen molar-refractivity contribution in [3.05, 3.63) is 60.2 Å². The van der Waals surface area contributed by atoms with Crippen LogP contribution in [0.4, 0.5) is 5.69 Å². The Morgan fingerprint density at radius 1 is 1.05 bits per heavy atom. The number of anilines is 1. The fourth-order valence-electron chi connectivity index (χ4n) is 4.31. The number of carbonyl (C=O) groups excluding carboxylic acids is 3. The lowest BCUT2D eigenvalue weighted by Crippen LogP contribution is -2.64. The molecule has 2 rings (SSSR count). The van der Waals surface area contributed by atoms with E-state index in [1.165, 1.54) is 9.80 Å². The van der Waals surface area contributed by atoms with Gasteiger partial charge in [-0.25, -0.2) is 0 Å². The van der Waals surface area contributed by atoms with Gasteiger partial charge in [0.15, 0.2) is 0 Å². The number of amides is 3. The van der Waals surface area contributed by atoms with E-state index in [1.807, 2.05) is 37.3 Å². The second kappa shape index (κ2) is 17.2. The molecule has 2 aromatic carbocycles. The van der Waals surface area contributed by atoms with E-state index in [2.05, 4.69) is 10.6 Å². The summed E-state index contributed by atoms with van der Waals surface area (Å²) < 4.78 is 5.51. The predicted molar refractivity (Wildman–Crippen MR) is 158 cm³/mol. The maximum Gasteiger partial charge on any atom is 0.249 e. The van der Waals surface area contributed by atoms with E-state index in [-0.39, 0.29) is 32.0 Å². The first-order chi connectivity index (χ1) is 19.3. The molecule has 2 aromatic rings. The minimum Gasteiger partial charge on any atom is -0.494 e. The number of ether oxygens (including phenoxy) is 1. The largest absolute Gasteiger partial charge is 0.494 e. The topological polar surface area (TPSA) is 169 Å². The average molecular weight is 556 g/mol. The summed E-state index contributed by atoms with van der Waals surface area (Å²) in [5.41, 5.74) is 18.1. The molecule has 11 nitrogen and oxygen atoms in total. The quantitative estimate of drug-likeness (QED) is 0.121. The van der Waals surface area contributed by atoms with Gasteiger partial charge in [0.2, 0.25) is 18.2 Å². The second-order valence-corrected chi connectivity index (χ2v) is 9.68. The highest BCUT2D eigenvalue weighted by Gasteiger charge is 2.38. The summed E-state index contributed by atoms with van der Waals surface area (Å²) in [6.07, 6.45) is 1.78. The van der Waals surface area contributed by atoms with E-state index in [0.717, 1.165) is 5.56 Å². The maximum absolute atomic E-state index is 13.7. The summed E-state index contributed by atoms with van der Waals surface area (Å²) in [5.74, 6) is -0.0990. The molecule has 0 fully saturated rings. The molecule has 8 N–H and O–H groups in total. The van der Waals surface area contributed by atoms with Crippen LogP contribution in [-0.4, -0.2) is 87.6 Å². The summed E-state index contributed by atoms with van der Waals surface area (Å²) in [6.45, 7) is 4.28. The van der Waals surface area contributed by atoms with Crippen LogP contribution < -0.4 is 37.5 Å². The molecule has 11 heteroatoms. The lowest BCUT2D eigenvalue weighted by Gasteiger charge is -2.34. The Morgan fingerprint density at radius 3 is 2.35 bits per heavy atom. The van der Waals surface area contributed by atoms with E-state index in [4.69, 9.17) is 21.9 Å². The number of likely N-dealkylation sites (N-methyl/N-ethyl adjacent to an activating group) is 1. The smallest absolute Gasteiger partial charge is 0.249 e. The molecular weight excluding hydrogens is 510 g/mol. The third kappa shape index (κ3) is 10.2. The predicted octanol–water partition coefficient (Wildman–Crippen LogP) is 0.219. The third-order valence-corrected chi connectivity index (χ3v) is 6.61. The van der Waals surface area contributed by atoms with Crippen LogP contribution >= 0.6 is 0 Å². The van der Waals surface area contributed by atoms with Gasteiger partial charge in [-0.05, 0) is 62.6 Å². The number of nitrogens with one attached hydrogen (secondary N) is 2. The van der Waals surface area contributed by atoms with Crippen molar-refractivity contribution in [2.75, 3.05) is 57.8 Å². The zero-order chi connectivity index (χ0) is 29.4. The molecule has 40 heavy (non-hydrogen) atoms. The van der Waals surface area contributed by atoms with E-state index in [9.17, 15) is 14.4 Å². The lowest BCUT2D eigenvalue weighted by molar-refractivity contribution is -0.132. The van der Waals surface area contributed by atoms with Gasteiger partial charge in [0.1, 0.15) is 17.3 Å². The van der Waals surface area contributed by atoms with Gasteiger partial charge in [-0.2, -0.15) is 0 Å². The molecule has 0 aliphatic carbocycles. The van der Waals surface area contributed by atoms with Crippen molar-refractivity contribution < 1.29 is 19.1 Å². The monoisotopic (exact) mass is 555 g/mol. The number of rotatable bonds is 19. The molecule has 0 spiro atoms. The van der Waals surface area contributed by atoms with Crippen molar-refractivity contribution in [2.24, 2.45) is 17.2 Å². The van der Waals surface area contributed by atoms with E-state index in [0.29, 0.717) is 56.9 Å². The molecule has 0 heterocycles. The van der Waals surface area contributed by atoms with E-state index in [1.54, 1.807) is 31.3 Å².